The molecule has 1 unspecified atom stereocenters. The zero-order valence-electron chi connectivity index (χ0n) is 12.1. The van der Waals surface area contributed by atoms with Crippen LogP contribution in [0.3, 0.4) is 0 Å². The minimum atomic E-state index is -0.0194. The highest BCUT2D eigenvalue weighted by Gasteiger charge is 2.24. The molecule has 0 saturated carbocycles. The molecule has 1 aliphatic carbocycles. The number of nitriles is 1. The zero-order valence-corrected chi connectivity index (χ0v) is 12.9. The number of hydrogen-bond acceptors (Lipinski definition) is 4. The van der Waals surface area contributed by atoms with Crippen molar-refractivity contribution < 1.29 is 4.79 Å². The quantitative estimate of drug-likeness (QED) is 0.820. The van der Waals surface area contributed by atoms with Gasteiger partial charge in [-0.1, -0.05) is 13.8 Å². The Morgan fingerprint density at radius 1 is 1.55 bits per heavy atom. The van der Waals surface area contributed by atoms with Gasteiger partial charge >= 0.3 is 0 Å². The highest BCUT2D eigenvalue weighted by Crippen LogP contribution is 2.39. The zero-order chi connectivity index (χ0) is 14.5. The van der Waals surface area contributed by atoms with E-state index in [0.29, 0.717) is 24.4 Å². The molecule has 0 radical (unpaired) electrons. The van der Waals surface area contributed by atoms with Crippen LogP contribution >= 0.6 is 11.3 Å². The first kappa shape index (κ1) is 15.0. The van der Waals surface area contributed by atoms with Gasteiger partial charge in [-0.3, -0.25) is 4.79 Å². The van der Waals surface area contributed by atoms with Crippen molar-refractivity contribution in [2.45, 2.75) is 39.5 Å². The molecule has 0 fully saturated rings. The lowest BCUT2D eigenvalue weighted by molar-refractivity contribution is -0.116. The highest BCUT2D eigenvalue weighted by molar-refractivity contribution is 7.16. The summed E-state index contributed by atoms with van der Waals surface area (Å²) < 4.78 is 0. The minimum absolute atomic E-state index is 0.0194. The van der Waals surface area contributed by atoms with Gasteiger partial charge in [0, 0.05) is 17.8 Å². The van der Waals surface area contributed by atoms with Crippen LogP contribution in [0.25, 0.3) is 0 Å². The Bertz CT molecular complexity index is 530. The highest BCUT2D eigenvalue weighted by atomic mass is 32.1. The Labute approximate surface area is 124 Å². The smallest absolute Gasteiger partial charge is 0.226 e. The van der Waals surface area contributed by atoms with E-state index < -0.39 is 0 Å². The summed E-state index contributed by atoms with van der Waals surface area (Å²) >= 11 is 1.58. The molecule has 2 rings (SSSR count). The van der Waals surface area contributed by atoms with Crippen LogP contribution in [-0.4, -0.2) is 19.0 Å². The molecule has 20 heavy (non-hydrogen) atoms. The molecule has 1 aromatic rings. The van der Waals surface area contributed by atoms with E-state index in [1.807, 2.05) is 6.92 Å². The van der Waals surface area contributed by atoms with Gasteiger partial charge < -0.3 is 10.6 Å². The van der Waals surface area contributed by atoms with Crippen molar-refractivity contribution >= 4 is 22.2 Å². The Kier molecular flexibility index (Phi) is 5.16. The lowest BCUT2D eigenvalue weighted by atomic mass is 9.89. The van der Waals surface area contributed by atoms with Gasteiger partial charge in [-0.05, 0) is 37.3 Å². The van der Waals surface area contributed by atoms with Gasteiger partial charge in [0.1, 0.15) is 11.1 Å². The average Bonchev–Trinajstić information content (AvgIpc) is 2.75. The van der Waals surface area contributed by atoms with Gasteiger partial charge in [0.2, 0.25) is 5.91 Å². The van der Waals surface area contributed by atoms with Gasteiger partial charge in [0.25, 0.3) is 0 Å². The second kappa shape index (κ2) is 6.87. The Balaban J connectivity index is 2.09. The number of amides is 1. The van der Waals surface area contributed by atoms with Gasteiger partial charge in [0.15, 0.2) is 0 Å². The third kappa shape index (κ3) is 3.38. The molecule has 0 bridgehead atoms. The first-order valence-electron chi connectivity index (χ1n) is 7.20. The van der Waals surface area contributed by atoms with Crippen molar-refractivity contribution in [3.05, 3.63) is 16.0 Å². The normalized spacial score (nSPS) is 17.4. The van der Waals surface area contributed by atoms with Crippen LogP contribution in [0, 0.1) is 17.2 Å². The second-order valence-electron chi connectivity index (χ2n) is 5.32. The van der Waals surface area contributed by atoms with Crippen LogP contribution in [0.4, 0.5) is 5.00 Å². The van der Waals surface area contributed by atoms with E-state index in [-0.39, 0.29) is 5.91 Å². The Morgan fingerprint density at radius 3 is 3.05 bits per heavy atom. The summed E-state index contributed by atoms with van der Waals surface area (Å²) in [5, 5.41) is 16.1. The van der Waals surface area contributed by atoms with Gasteiger partial charge in [-0.15, -0.1) is 11.3 Å². The first-order valence-corrected chi connectivity index (χ1v) is 8.02. The number of thiophene rings is 1. The van der Waals surface area contributed by atoms with Crippen molar-refractivity contribution in [3.63, 3.8) is 0 Å². The number of carbonyl (C=O) groups is 1. The molecule has 1 aromatic heterocycles. The summed E-state index contributed by atoms with van der Waals surface area (Å²) in [6, 6.07) is 2.27. The van der Waals surface area contributed by atoms with Crippen LogP contribution in [0.15, 0.2) is 0 Å². The molecular formula is C15H21N3OS. The van der Waals surface area contributed by atoms with E-state index in [2.05, 4.69) is 23.6 Å². The minimum Gasteiger partial charge on any atom is -0.317 e. The van der Waals surface area contributed by atoms with E-state index in [1.54, 1.807) is 11.3 Å². The molecule has 5 heteroatoms. The molecule has 1 amide bonds. The standard InChI is InChI=1S/C15H21N3OS/c1-3-17-7-6-14(19)18-15-12(9-16)11-5-4-10(2)8-13(11)20-15/h10,17H,3-8H2,1-2H3,(H,18,19). The van der Waals surface area contributed by atoms with Crippen molar-refractivity contribution in [2.24, 2.45) is 5.92 Å². The van der Waals surface area contributed by atoms with Crippen molar-refractivity contribution in [1.82, 2.24) is 5.32 Å². The molecule has 108 valence electrons. The summed E-state index contributed by atoms with van der Waals surface area (Å²) in [4.78, 5) is 13.2. The third-order valence-corrected chi connectivity index (χ3v) is 4.83. The average molecular weight is 291 g/mol. The Hall–Kier alpha value is -1.38. The number of fused-ring (bicyclic) bond motifs is 1. The molecular weight excluding hydrogens is 270 g/mol. The maximum absolute atomic E-state index is 11.9. The maximum Gasteiger partial charge on any atom is 0.226 e. The molecule has 0 aliphatic heterocycles. The molecule has 1 aliphatic rings. The predicted octanol–water partition coefficient (Wildman–Crippen LogP) is 2.68. The molecule has 1 atom stereocenters. The molecule has 0 saturated heterocycles. The number of nitrogens with zero attached hydrogens (tertiary/aromatic N) is 1. The topological polar surface area (TPSA) is 64.9 Å². The second-order valence-corrected chi connectivity index (χ2v) is 6.42. The summed E-state index contributed by atoms with van der Waals surface area (Å²) in [7, 11) is 0. The predicted molar refractivity (Wildman–Crippen MR) is 82.0 cm³/mol. The van der Waals surface area contributed by atoms with Gasteiger partial charge in [-0.25, -0.2) is 0 Å². The van der Waals surface area contributed by atoms with E-state index in [0.717, 1.165) is 36.4 Å². The van der Waals surface area contributed by atoms with Crippen molar-refractivity contribution in [2.75, 3.05) is 18.4 Å². The van der Waals surface area contributed by atoms with E-state index >= 15 is 0 Å². The lowest BCUT2D eigenvalue weighted by Gasteiger charge is -2.17. The number of carbonyl (C=O) groups excluding carboxylic acids is 1. The van der Waals surface area contributed by atoms with Crippen LogP contribution in [0.2, 0.25) is 0 Å². The van der Waals surface area contributed by atoms with Gasteiger partial charge in [-0.2, -0.15) is 5.26 Å². The monoisotopic (exact) mass is 291 g/mol. The summed E-state index contributed by atoms with van der Waals surface area (Å²) in [6.07, 6.45) is 3.56. The largest absolute Gasteiger partial charge is 0.317 e. The maximum atomic E-state index is 11.9. The van der Waals surface area contributed by atoms with E-state index in [9.17, 15) is 10.1 Å². The number of nitrogens with one attached hydrogen (secondary N) is 2. The van der Waals surface area contributed by atoms with Gasteiger partial charge in [0.05, 0.1) is 5.56 Å². The fraction of sp³-hybridized carbons (Fsp3) is 0.600. The first-order chi connectivity index (χ1) is 9.65. The number of hydrogen-bond donors (Lipinski definition) is 2. The number of anilines is 1. The Morgan fingerprint density at radius 2 is 2.35 bits per heavy atom. The molecule has 2 N–H and O–H groups in total. The van der Waals surface area contributed by atoms with Crippen molar-refractivity contribution in [1.29, 1.82) is 5.26 Å². The fourth-order valence-electron chi connectivity index (χ4n) is 2.52. The molecule has 1 heterocycles. The van der Waals surface area contributed by atoms with Crippen LogP contribution in [0.5, 0.6) is 0 Å². The number of rotatable bonds is 5. The molecule has 0 spiro atoms. The van der Waals surface area contributed by atoms with Crippen molar-refractivity contribution in [3.8, 4) is 6.07 Å². The molecule has 0 aromatic carbocycles. The fourth-order valence-corrected chi connectivity index (χ4v) is 3.90. The van der Waals surface area contributed by atoms with Crippen LogP contribution in [-0.2, 0) is 17.6 Å². The summed E-state index contributed by atoms with van der Waals surface area (Å²) in [6.45, 7) is 5.79. The summed E-state index contributed by atoms with van der Waals surface area (Å²) in [5.41, 5.74) is 1.85. The lowest BCUT2D eigenvalue weighted by Crippen LogP contribution is -2.21. The molecule has 4 nitrogen and oxygen atoms in total. The van der Waals surface area contributed by atoms with Crippen LogP contribution < -0.4 is 10.6 Å². The third-order valence-electron chi connectivity index (χ3n) is 3.66. The van der Waals surface area contributed by atoms with E-state index in [1.165, 1.54) is 4.88 Å². The summed E-state index contributed by atoms with van der Waals surface area (Å²) in [5.74, 6) is 0.652. The van der Waals surface area contributed by atoms with Crippen LogP contribution in [0.1, 0.15) is 42.7 Å². The van der Waals surface area contributed by atoms with E-state index in [4.69, 9.17) is 0 Å². The SMILES string of the molecule is CCNCCC(=O)Nc1sc2c(c1C#N)CCC(C)C2.